The van der Waals surface area contributed by atoms with Crippen molar-refractivity contribution in [3.05, 3.63) is 54.6 Å². The van der Waals surface area contributed by atoms with Crippen molar-refractivity contribution in [3.63, 3.8) is 0 Å². The van der Waals surface area contributed by atoms with Crippen LogP contribution in [0.3, 0.4) is 0 Å². The Kier molecular flexibility index (Phi) is 6.33. The molecule has 0 aliphatic carbocycles. The van der Waals surface area contributed by atoms with Gasteiger partial charge in [0, 0.05) is 5.56 Å². The molecule has 106 valence electrons. The average molecular weight is 479 g/mol. The molecule has 0 unspecified atom stereocenters. The number of rotatable bonds is 6. The lowest BCUT2D eigenvalue weighted by Crippen LogP contribution is -2.08. The van der Waals surface area contributed by atoms with E-state index in [1.807, 2.05) is 36.4 Å². The third-order valence-electron chi connectivity index (χ3n) is 2.83. The molecule has 0 aliphatic rings. The molecule has 0 fully saturated rings. The molecule has 0 radical (unpaired) electrons. The van der Waals surface area contributed by atoms with Gasteiger partial charge in [-0.1, -0.05) is 94.4 Å². The molecule has 0 saturated carbocycles. The molecule has 1 nitrogen and oxygen atoms in total. The molecular weight excluding hydrogens is 464 g/mol. The van der Waals surface area contributed by atoms with Crippen LogP contribution in [0.5, 0.6) is 5.75 Å². The van der Waals surface area contributed by atoms with E-state index in [4.69, 9.17) is 4.74 Å². The van der Waals surface area contributed by atoms with Crippen LogP contribution in [0.4, 0.5) is 0 Å². The van der Waals surface area contributed by atoms with E-state index in [-0.39, 0.29) is 0 Å². The zero-order chi connectivity index (χ0) is 14.4. The highest BCUT2D eigenvalue weighted by Gasteiger charge is 2.21. The molecule has 2 aromatic carbocycles. The first-order chi connectivity index (χ1) is 9.56. The van der Waals surface area contributed by atoms with Crippen LogP contribution in [0.2, 0.25) is 6.04 Å². The molecule has 2 rings (SSSR count). The first-order valence-corrected chi connectivity index (χ1v) is 15.4. The molecule has 0 aliphatic heterocycles. The lowest BCUT2D eigenvalue weighted by molar-refractivity contribution is 0.318. The Hall–Kier alpha value is -0.103. The SMILES string of the molecule is Br[Si](Br)(Br)CCCOc1ccccc1-c1ccccc1. The normalized spacial score (nSPS) is 11.3. The first kappa shape index (κ1) is 16.3. The highest BCUT2D eigenvalue weighted by atomic mass is 80.0. The summed E-state index contributed by atoms with van der Waals surface area (Å²) in [7, 11) is 0. The number of hydrogen-bond acceptors (Lipinski definition) is 1. The molecule has 0 amide bonds. The van der Waals surface area contributed by atoms with E-state index in [1.165, 1.54) is 5.56 Å². The van der Waals surface area contributed by atoms with Gasteiger partial charge in [0.2, 0.25) is 0 Å². The fourth-order valence-electron chi connectivity index (χ4n) is 1.90. The maximum Gasteiger partial charge on any atom is 0.267 e. The number of hydrogen-bond donors (Lipinski definition) is 0. The molecule has 0 heterocycles. The lowest BCUT2D eigenvalue weighted by Gasteiger charge is -2.13. The van der Waals surface area contributed by atoms with Gasteiger partial charge in [0.1, 0.15) is 5.75 Å². The first-order valence-electron chi connectivity index (χ1n) is 6.40. The van der Waals surface area contributed by atoms with Crippen LogP contribution in [0.25, 0.3) is 11.1 Å². The highest BCUT2D eigenvalue weighted by Crippen LogP contribution is 2.33. The number of ether oxygens (including phenoxy) is 1. The molecule has 0 saturated heterocycles. The van der Waals surface area contributed by atoms with Gasteiger partial charge in [-0.05, 0) is 24.1 Å². The smallest absolute Gasteiger partial charge is 0.267 e. The predicted molar refractivity (Wildman–Crippen MR) is 99.3 cm³/mol. The monoisotopic (exact) mass is 476 g/mol. The minimum Gasteiger partial charge on any atom is -0.493 e. The summed E-state index contributed by atoms with van der Waals surface area (Å²) in [6.45, 7) is 0.724. The van der Waals surface area contributed by atoms with Crippen LogP contribution < -0.4 is 4.74 Å². The Morgan fingerprint density at radius 1 is 0.850 bits per heavy atom. The van der Waals surface area contributed by atoms with Crippen LogP contribution in [-0.4, -0.2) is 10.5 Å². The van der Waals surface area contributed by atoms with Gasteiger partial charge in [-0.3, -0.25) is 0 Å². The molecule has 0 bridgehead atoms. The number of para-hydroxylation sites is 1. The summed E-state index contributed by atoms with van der Waals surface area (Å²) in [5, 5.41) is 0. The van der Waals surface area contributed by atoms with E-state index in [1.54, 1.807) is 0 Å². The van der Waals surface area contributed by atoms with Gasteiger partial charge in [-0.15, -0.1) is 0 Å². The van der Waals surface area contributed by atoms with E-state index >= 15 is 0 Å². The van der Waals surface area contributed by atoms with Crippen molar-refractivity contribution in [3.8, 4) is 16.9 Å². The molecule has 0 spiro atoms. The molecule has 2 aromatic rings. The molecule has 0 aromatic heterocycles. The number of halogens is 3. The Morgan fingerprint density at radius 3 is 2.20 bits per heavy atom. The minimum atomic E-state index is -1.52. The van der Waals surface area contributed by atoms with Crippen LogP contribution in [0.15, 0.2) is 54.6 Å². The second-order valence-corrected chi connectivity index (χ2v) is 27.9. The summed E-state index contributed by atoms with van der Waals surface area (Å²) in [6, 6.07) is 19.6. The van der Waals surface area contributed by atoms with E-state index in [0.717, 1.165) is 30.4 Å². The van der Waals surface area contributed by atoms with Gasteiger partial charge >= 0.3 is 0 Å². The summed E-state index contributed by atoms with van der Waals surface area (Å²) < 4.78 is 4.43. The van der Waals surface area contributed by atoms with Crippen molar-refractivity contribution in [2.75, 3.05) is 6.61 Å². The molecule has 0 atom stereocenters. The zero-order valence-corrected chi connectivity index (χ0v) is 16.6. The van der Waals surface area contributed by atoms with E-state index in [0.29, 0.717) is 0 Å². The summed E-state index contributed by atoms with van der Waals surface area (Å²) in [5.41, 5.74) is 2.33. The van der Waals surface area contributed by atoms with Gasteiger partial charge in [0.15, 0.2) is 0 Å². The third kappa shape index (κ3) is 5.35. The Bertz CT molecular complexity index is 540. The van der Waals surface area contributed by atoms with Gasteiger partial charge in [0.25, 0.3) is 3.93 Å². The van der Waals surface area contributed by atoms with Crippen molar-refractivity contribution in [1.29, 1.82) is 0 Å². The standard InChI is InChI=1S/C15H15Br3OSi/c16-20(17,18)12-6-11-19-15-10-5-4-9-14(15)13-7-2-1-3-8-13/h1-5,7-10H,6,11-12H2. The topological polar surface area (TPSA) is 9.23 Å². The molecule has 0 N–H and O–H groups in total. The van der Waals surface area contributed by atoms with Crippen molar-refractivity contribution < 1.29 is 4.74 Å². The zero-order valence-electron chi connectivity index (χ0n) is 10.9. The summed E-state index contributed by atoms with van der Waals surface area (Å²) in [6.07, 6.45) is 1.01. The Balaban J connectivity index is 2.02. The maximum atomic E-state index is 5.95. The van der Waals surface area contributed by atoms with E-state index in [2.05, 4.69) is 64.1 Å². The highest BCUT2D eigenvalue weighted by molar-refractivity contribution is 9.72. The largest absolute Gasteiger partial charge is 0.493 e. The van der Waals surface area contributed by atoms with Crippen LogP contribution in [-0.2, 0) is 0 Å². The minimum absolute atomic E-state index is 0.724. The lowest BCUT2D eigenvalue weighted by atomic mass is 10.1. The predicted octanol–water partition coefficient (Wildman–Crippen LogP) is 6.25. The second kappa shape index (κ2) is 7.78. The summed E-state index contributed by atoms with van der Waals surface area (Å²) in [4.78, 5) is 0. The van der Waals surface area contributed by atoms with Crippen molar-refractivity contribution >= 4 is 49.8 Å². The average Bonchev–Trinajstić information content (AvgIpc) is 2.44. The van der Waals surface area contributed by atoms with Crippen LogP contribution in [0.1, 0.15) is 6.42 Å². The summed E-state index contributed by atoms with van der Waals surface area (Å²) in [5.74, 6) is 0.949. The Morgan fingerprint density at radius 2 is 1.50 bits per heavy atom. The maximum absolute atomic E-state index is 5.95. The van der Waals surface area contributed by atoms with Crippen LogP contribution in [0, 0.1) is 0 Å². The van der Waals surface area contributed by atoms with Crippen molar-refractivity contribution in [2.24, 2.45) is 0 Å². The van der Waals surface area contributed by atoms with E-state index < -0.39 is 3.93 Å². The quantitative estimate of drug-likeness (QED) is 0.271. The van der Waals surface area contributed by atoms with Crippen LogP contribution >= 0.6 is 45.9 Å². The van der Waals surface area contributed by atoms with Gasteiger partial charge in [0.05, 0.1) is 6.61 Å². The van der Waals surface area contributed by atoms with E-state index in [9.17, 15) is 0 Å². The second-order valence-electron chi connectivity index (χ2n) is 4.43. The van der Waals surface area contributed by atoms with Gasteiger partial charge in [-0.2, -0.15) is 0 Å². The third-order valence-corrected chi connectivity index (χ3v) is 7.32. The van der Waals surface area contributed by atoms with Gasteiger partial charge in [-0.25, -0.2) is 0 Å². The Labute approximate surface area is 144 Å². The molecule has 20 heavy (non-hydrogen) atoms. The fraction of sp³-hybridized carbons (Fsp3) is 0.200. The molecule has 5 heteroatoms. The molecular formula is C15H15Br3OSi. The van der Waals surface area contributed by atoms with Crippen molar-refractivity contribution in [2.45, 2.75) is 12.5 Å². The van der Waals surface area contributed by atoms with Gasteiger partial charge < -0.3 is 4.74 Å². The van der Waals surface area contributed by atoms with Crippen molar-refractivity contribution in [1.82, 2.24) is 0 Å². The number of benzene rings is 2. The summed E-state index contributed by atoms with van der Waals surface area (Å²) >= 11 is 10.9. The fourth-order valence-corrected chi connectivity index (χ4v) is 4.97.